The van der Waals surface area contributed by atoms with Crippen molar-refractivity contribution in [3.05, 3.63) is 35.1 Å². The van der Waals surface area contributed by atoms with Crippen LogP contribution >= 0.6 is 11.6 Å². The number of hydrogen-bond donors (Lipinski definition) is 1. The van der Waals surface area contributed by atoms with Gasteiger partial charge in [0.25, 0.3) is 0 Å². The van der Waals surface area contributed by atoms with Gasteiger partial charge in [-0.05, 0) is 23.4 Å². The van der Waals surface area contributed by atoms with Gasteiger partial charge in [-0.3, -0.25) is 0 Å². The fraction of sp³-hybridized carbons (Fsp3) is 0.125. The Kier molecular flexibility index (Phi) is 2.43. The lowest BCUT2D eigenvalue weighted by Gasteiger charge is -1.97. The van der Waals surface area contributed by atoms with Crippen molar-refractivity contribution < 1.29 is 0 Å². The molecule has 5 nitrogen and oxygen atoms in total. The summed E-state index contributed by atoms with van der Waals surface area (Å²) >= 11 is 5.82. The van der Waals surface area contributed by atoms with Crippen molar-refractivity contribution in [3.63, 3.8) is 0 Å². The van der Waals surface area contributed by atoms with Crippen LogP contribution in [0.1, 0.15) is 5.82 Å². The Labute approximate surface area is 85.5 Å². The number of halogens is 1. The van der Waals surface area contributed by atoms with E-state index in [0.717, 1.165) is 5.69 Å². The second kappa shape index (κ2) is 3.73. The topological polar surface area (TPSA) is 69.6 Å². The lowest BCUT2D eigenvalue weighted by Crippen LogP contribution is -2.01. The van der Waals surface area contributed by atoms with Gasteiger partial charge in [0.1, 0.15) is 0 Å². The van der Waals surface area contributed by atoms with Gasteiger partial charge in [0.15, 0.2) is 5.82 Å². The Morgan fingerprint density at radius 2 is 2.29 bits per heavy atom. The zero-order valence-electron chi connectivity index (χ0n) is 7.26. The number of tetrazole rings is 1. The molecule has 2 rings (SSSR count). The summed E-state index contributed by atoms with van der Waals surface area (Å²) in [5.74, 6) is 0.505. The number of aromatic nitrogens is 4. The van der Waals surface area contributed by atoms with E-state index in [2.05, 4.69) is 15.4 Å². The number of nitrogens with two attached hydrogens (primary N) is 1. The van der Waals surface area contributed by atoms with Crippen molar-refractivity contribution in [1.29, 1.82) is 0 Å². The van der Waals surface area contributed by atoms with Crippen LogP contribution in [0.2, 0.25) is 5.02 Å². The van der Waals surface area contributed by atoms with Gasteiger partial charge < -0.3 is 5.73 Å². The standard InChI is InChI=1S/C8H8ClN5/c9-6-2-1-3-7(4-6)14-12-8(5-10)11-13-14/h1-4H,5,10H2. The first-order chi connectivity index (χ1) is 6.79. The molecular weight excluding hydrogens is 202 g/mol. The van der Waals surface area contributed by atoms with Crippen LogP contribution in [-0.2, 0) is 6.54 Å². The van der Waals surface area contributed by atoms with E-state index in [9.17, 15) is 0 Å². The van der Waals surface area contributed by atoms with Crippen LogP contribution in [0.15, 0.2) is 24.3 Å². The van der Waals surface area contributed by atoms with E-state index in [-0.39, 0.29) is 6.54 Å². The summed E-state index contributed by atoms with van der Waals surface area (Å²) in [7, 11) is 0. The summed E-state index contributed by atoms with van der Waals surface area (Å²) in [6.45, 7) is 0.278. The molecule has 2 aromatic rings. The second-order valence-corrected chi connectivity index (χ2v) is 3.12. The molecule has 0 unspecified atom stereocenters. The molecule has 1 heterocycles. The molecule has 0 bridgehead atoms. The van der Waals surface area contributed by atoms with Gasteiger partial charge in [-0.2, -0.15) is 0 Å². The predicted molar refractivity (Wildman–Crippen MR) is 52.1 cm³/mol. The highest BCUT2D eigenvalue weighted by Crippen LogP contribution is 2.12. The molecule has 0 spiro atoms. The largest absolute Gasteiger partial charge is 0.324 e. The van der Waals surface area contributed by atoms with Crippen molar-refractivity contribution in [2.45, 2.75) is 6.54 Å². The summed E-state index contributed by atoms with van der Waals surface area (Å²) in [4.78, 5) is 1.40. The normalized spacial score (nSPS) is 10.4. The molecule has 6 heteroatoms. The maximum atomic E-state index is 5.82. The molecule has 0 fully saturated rings. The predicted octanol–water partition coefficient (Wildman–Crippen LogP) is 0.774. The van der Waals surface area contributed by atoms with E-state index in [4.69, 9.17) is 17.3 Å². The first-order valence-electron chi connectivity index (χ1n) is 4.04. The second-order valence-electron chi connectivity index (χ2n) is 2.68. The number of hydrogen-bond acceptors (Lipinski definition) is 4. The number of rotatable bonds is 2. The number of benzene rings is 1. The van der Waals surface area contributed by atoms with Crippen molar-refractivity contribution in [1.82, 2.24) is 20.2 Å². The number of nitrogens with zero attached hydrogens (tertiary/aromatic N) is 4. The van der Waals surface area contributed by atoms with E-state index < -0.39 is 0 Å². The van der Waals surface area contributed by atoms with E-state index in [0.29, 0.717) is 10.8 Å². The molecule has 0 radical (unpaired) electrons. The van der Waals surface area contributed by atoms with Crippen molar-refractivity contribution in [2.75, 3.05) is 0 Å². The third-order valence-corrected chi connectivity index (χ3v) is 1.91. The molecule has 0 atom stereocenters. The Bertz CT molecular complexity index is 439. The maximum Gasteiger partial charge on any atom is 0.188 e. The molecule has 14 heavy (non-hydrogen) atoms. The molecule has 72 valence electrons. The first-order valence-corrected chi connectivity index (χ1v) is 4.42. The Balaban J connectivity index is 2.39. The highest BCUT2D eigenvalue weighted by molar-refractivity contribution is 6.30. The lowest BCUT2D eigenvalue weighted by atomic mass is 10.3. The SMILES string of the molecule is NCc1nnn(-c2cccc(Cl)c2)n1. The molecule has 0 saturated carbocycles. The molecule has 1 aromatic carbocycles. The average Bonchev–Trinajstić information content (AvgIpc) is 2.66. The van der Waals surface area contributed by atoms with Gasteiger partial charge in [0.2, 0.25) is 0 Å². The summed E-state index contributed by atoms with van der Waals surface area (Å²) in [6.07, 6.45) is 0. The summed E-state index contributed by atoms with van der Waals surface area (Å²) in [6, 6.07) is 7.20. The van der Waals surface area contributed by atoms with Gasteiger partial charge in [0, 0.05) is 5.02 Å². The van der Waals surface area contributed by atoms with Gasteiger partial charge in [-0.1, -0.05) is 17.7 Å². The minimum Gasteiger partial charge on any atom is -0.324 e. The molecule has 0 saturated heterocycles. The van der Waals surface area contributed by atoms with Crippen molar-refractivity contribution >= 4 is 11.6 Å². The van der Waals surface area contributed by atoms with Crippen molar-refractivity contribution in [2.24, 2.45) is 5.73 Å². The first kappa shape index (κ1) is 9.11. The van der Waals surface area contributed by atoms with E-state index in [1.165, 1.54) is 4.80 Å². The molecule has 0 aliphatic carbocycles. The average molecular weight is 210 g/mol. The van der Waals surface area contributed by atoms with Gasteiger partial charge in [-0.15, -0.1) is 15.0 Å². The van der Waals surface area contributed by atoms with Crippen LogP contribution in [0.5, 0.6) is 0 Å². The van der Waals surface area contributed by atoms with Crippen LogP contribution in [-0.4, -0.2) is 20.2 Å². The third-order valence-electron chi connectivity index (χ3n) is 1.68. The molecule has 0 aliphatic rings. The van der Waals surface area contributed by atoms with E-state index in [1.54, 1.807) is 12.1 Å². The Hall–Kier alpha value is -1.46. The van der Waals surface area contributed by atoms with Gasteiger partial charge in [0.05, 0.1) is 12.2 Å². The maximum absolute atomic E-state index is 5.82. The minimum absolute atomic E-state index is 0.278. The summed E-state index contributed by atoms with van der Waals surface area (Å²) < 4.78 is 0. The zero-order valence-corrected chi connectivity index (χ0v) is 8.02. The Morgan fingerprint density at radius 3 is 2.93 bits per heavy atom. The van der Waals surface area contributed by atoms with Crippen LogP contribution in [0, 0.1) is 0 Å². The van der Waals surface area contributed by atoms with E-state index >= 15 is 0 Å². The molecular formula is C8H8ClN5. The van der Waals surface area contributed by atoms with Crippen molar-refractivity contribution in [3.8, 4) is 5.69 Å². The minimum atomic E-state index is 0.278. The molecule has 0 amide bonds. The summed E-state index contributed by atoms with van der Waals surface area (Å²) in [5, 5.41) is 12.3. The van der Waals surface area contributed by atoms with Gasteiger partial charge in [-0.25, -0.2) is 0 Å². The van der Waals surface area contributed by atoms with Crippen LogP contribution in [0.3, 0.4) is 0 Å². The molecule has 1 aromatic heterocycles. The molecule has 2 N–H and O–H groups in total. The highest BCUT2D eigenvalue weighted by Gasteiger charge is 2.02. The Morgan fingerprint density at radius 1 is 1.43 bits per heavy atom. The fourth-order valence-corrected chi connectivity index (χ4v) is 1.22. The third kappa shape index (κ3) is 1.73. The van der Waals surface area contributed by atoms with Crippen LogP contribution in [0.4, 0.5) is 0 Å². The van der Waals surface area contributed by atoms with Gasteiger partial charge >= 0.3 is 0 Å². The quantitative estimate of drug-likeness (QED) is 0.794. The van der Waals surface area contributed by atoms with E-state index in [1.807, 2.05) is 12.1 Å². The van der Waals surface area contributed by atoms with Crippen LogP contribution in [0.25, 0.3) is 5.69 Å². The fourth-order valence-electron chi connectivity index (χ4n) is 1.03. The highest BCUT2D eigenvalue weighted by atomic mass is 35.5. The van der Waals surface area contributed by atoms with Crippen LogP contribution < -0.4 is 5.73 Å². The monoisotopic (exact) mass is 209 g/mol. The smallest absolute Gasteiger partial charge is 0.188 e. The lowest BCUT2D eigenvalue weighted by molar-refractivity contribution is 0.717. The summed E-state index contributed by atoms with van der Waals surface area (Å²) in [5.41, 5.74) is 6.13. The molecule has 0 aliphatic heterocycles. The zero-order chi connectivity index (χ0) is 9.97.